The molecule has 0 aliphatic carbocycles. The van der Waals surface area contributed by atoms with Gasteiger partial charge in [0.15, 0.2) is 0 Å². The Morgan fingerprint density at radius 1 is 0.821 bits per heavy atom. The van der Waals surface area contributed by atoms with E-state index in [4.69, 9.17) is 4.74 Å². The summed E-state index contributed by atoms with van der Waals surface area (Å²) in [5, 5.41) is 2.63. The van der Waals surface area contributed by atoms with Crippen LogP contribution in [-0.2, 0) is 24.8 Å². The van der Waals surface area contributed by atoms with Crippen LogP contribution in [0.2, 0.25) is 0 Å². The molecule has 0 spiro atoms. The Hall–Kier alpha value is -4.42. The first-order valence-electron chi connectivity index (χ1n) is 11.8. The summed E-state index contributed by atoms with van der Waals surface area (Å²) in [6.07, 6.45) is 1.46. The number of nitrogens with zero attached hydrogens (tertiary/aromatic N) is 2. The summed E-state index contributed by atoms with van der Waals surface area (Å²) in [5.74, 6) is 0.116. The molecule has 0 aliphatic heterocycles. The minimum absolute atomic E-state index is 0.0293. The number of hydrogen-bond donors (Lipinski definition) is 2. The standard InChI is InChI=1S/C27H26N4O6S2/c1-2-37-23-15-13-22(14-16-23)31(39(35,36)25-8-4-3-5-9-25)20-27(32)29-21-11-17-24(18-12-21)38(33,34)30-26-10-6-7-19-28-26/h3-19H,2,20H2,1H3,(H,28,30)(H,29,32). The molecule has 0 radical (unpaired) electrons. The van der Waals surface area contributed by atoms with Crippen LogP contribution in [0.25, 0.3) is 0 Å². The van der Waals surface area contributed by atoms with Crippen molar-refractivity contribution >= 4 is 43.1 Å². The fourth-order valence-corrected chi connectivity index (χ4v) is 6.03. The fourth-order valence-electron chi connectivity index (χ4n) is 3.58. The first-order valence-corrected chi connectivity index (χ1v) is 14.8. The van der Waals surface area contributed by atoms with Crippen molar-refractivity contribution in [3.05, 3.63) is 103 Å². The van der Waals surface area contributed by atoms with Gasteiger partial charge in [0.05, 0.1) is 22.1 Å². The number of nitrogens with one attached hydrogen (secondary N) is 2. The number of aromatic nitrogens is 1. The molecule has 202 valence electrons. The molecular weight excluding hydrogens is 540 g/mol. The fraction of sp³-hybridized carbons (Fsp3) is 0.111. The molecule has 0 atom stereocenters. The summed E-state index contributed by atoms with van der Waals surface area (Å²) in [7, 11) is -7.98. The number of amides is 1. The molecule has 10 nitrogen and oxygen atoms in total. The Labute approximate surface area is 227 Å². The largest absolute Gasteiger partial charge is 0.494 e. The molecule has 39 heavy (non-hydrogen) atoms. The Morgan fingerprint density at radius 3 is 2.10 bits per heavy atom. The van der Waals surface area contributed by atoms with E-state index < -0.39 is 32.5 Å². The highest BCUT2D eigenvalue weighted by molar-refractivity contribution is 7.93. The maximum absolute atomic E-state index is 13.5. The maximum Gasteiger partial charge on any atom is 0.264 e. The predicted molar refractivity (Wildman–Crippen MR) is 149 cm³/mol. The molecule has 0 saturated heterocycles. The molecule has 2 N–H and O–H groups in total. The van der Waals surface area contributed by atoms with Crippen molar-refractivity contribution in [3.8, 4) is 5.75 Å². The number of hydrogen-bond acceptors (Lipinski definition) is 7. The molecule has 1 heterocycles. The normalized spacial score (nSPS) is 11.4. The van der Waals surface area contributed by atoms with E-state index in [0.717, 1.165) is 4.31 Å². The minimum Gasteiger partial charge on any atom is -0.494 e. The molecule has 1 aromatic heterocycles. The lowest BCUT2D eigenvalue weighted by atomic mass is 10.3. The predicted octanol–water partition coefficient (Wildman–Crippen LogP) is 4.12. The van der Waals surface area contributed by atoms with Crippen LogP contribution in [0.4, 0.5) is 17.2 Å². The van der Waals surface area contributed by atoms with Gasteiger partial charge in [-0.25, -0.2) is 21.8 Å². The third-order valence-corrected chi connectivity index (χ3v) is 8.57. The SMILES string of the molecule is CCOc1ccc(N(CC(=O)Nc2ccc(S(=O)(=O)Nc3ccccn3)cc2)S(=O)(=O)c2ccccc2)cc1. The van der Waals surface area contributed by atoms with Crippen molar-refractivity contribution in [3.63, 3.8) is 0 Å². The number of sulfonamides is 2. The number of anilines is 3. The first-order chi connectivity index (χ1) is 18.7. The second-order valence-corrected chi connectivity index (χ2v) is 11.7. The zero-order valence-electron chi connectivity index (χ0n) is 20.9. The molecule has 0 saturated carbocycles. The van der Waals surface area contributed by atoms with E-state index in [-0.39, 0.29) is 21.3 Å². The Morgan fingerprint density at radius 2 is 1.49 bits per heavy atom. The average molecular weight is 567 g/mol. The van der Waals surface area contributed by atoms with E-state index >= 15 is 0 Å². The Bertz CT molecular complexity index is 1610. The van der Waals surface area contributed by atoms with Crippen molar-refractivity contribution < 1.29 is 26.4 Å². The van der Waals surface area contributed by atoms with E-state index in [2.05, 4.69) is 15.0 Å². The average Bonchev–Trinajstić information content (AvgIpc) is 2.93. The van der Waals surface area contributed by atoms with Gasteiger partial charge in [0.2, 0.25) is 5.91 Å². The van der Waals surface area contributed by atoms with Crippen molar-refractivity contribution in [1.82, 2.24) is 4.98 Å². The molecule has 0 bridgehead atoms. The zero-order valence-corrected chi connectivity index (χ0v) is 22.5. The second kappa shape index (κ2) is 12.0. The van der Waals surface area contributed by atoms with Crippen LogP contribution in [0, 0.1) is 0 Å². The van der Waals surface area contributed by atoms with Gasteiger partial charge >= 0.3 is 0 Å². The van der Waals surface area contributed by atoms with Gasteiger partial charge in [0.25, 0.3) is 20.0 Å². The third kappa shape index (κ3) is 6.92. The lowest BCUT2D eigenvalue weighted by Gasteiger charge is -2.24. The topological polar surface area (TPSA) is 135 Å². The Kier molecular flexibility index (Phi) is 8.47. The van der Waals surface area contributed by atoms with Gasteiger partial charge in [-0.3, -0.25) is 13.8 Å². The number of benzene rings is 3. The summed E-state index contributed by atoms with van der Waals surface area (Å²) in [5.41, 5.74) is 0.569. The quantitative estimate of drug-likeness (QED) is 0.279. The number of rotatable bonds is 11. The summed E-state index contributed by atoms with van der Waals surface area (Å²) in [6, 6.07) is 24.5. The zero-order chi connectivity index (χ0) is 27.9. The van der Waals surface area contributed by atoms with Crippen LogP contribution in [0.15, 0.2) is 113 Å². The van der Waals surface area contributed by atoms with Gasteiger partial charge < -0.3 is 10.1 Å². The lowest BCUT2D eigenvalue weighted by molar-refractivity contribution is -0.114. The molecule has 0 unspecified atom stereocenters. The van der Waals surface area contributed by atoms with Crippen molar-refractivity contribution in [2.45, 2.75) is 16.7 Å². The van der Waals surface area contributed by atoms with Crippen LogP contribution in [0.3, 0.4) is 0 Å². The molecule has 0 aliphatic rings. The summed E-state index contributed by atoms with van der Waals surface area (Å²) in [6.45, 7) is 1.77. The van der Waals surface area contributed by atoms with Gasteiger partial charge in [0.1, 0.15) is 18.1 Å². The highest BCUT2D eigenvalue weighted by atomic mass is 32.2. The number of carbonyl (C=O) groups is 1. The summed E-state index contributed by atoms with van der Waals surface area (Å²) < 4.78 is 61.0. The van der Waals surface area contributed by atoms with E-state index in [9.17, 15) is 21.6 Å². The van der Waals surface area contributed by atoms with Crippen LogP contribution in [0.1, 0.15) is 6.92 Å². The molecule has 12 heteroatoms. The number of carbonyl (C=O) groups excluding carboxylic acids is 1. The van der Waals surface area contributed by atoms with Crippen molar-refractivity contribution in [1.29, 1.82) is 0 Å². The van der Waals surface area contributed by atoms with E-state index in [1.807, 2.05) is 6.92 Å². The van der Waals surface area contributed by atoms with Crippen LogP contribution in [0.5, 0.6) is 5.75 Å². The van der Waals surface area contributed by atoms with Gasteiger partial charge in [-0.05, 0) is 79.7 Å². The van der Waals surface area contributed by atoms with Gasteiger partial charge in [0, 0.05) is 11.9 Å². The van der Waals surface area contributed by atoms with Crippen LogP contribution >= 0.6 is 0 Å². The van der Waals surface area contributed by atoms with E-state index in [1.165, 1.54) is 48.7 Å². The highest BCUT2D eigenvalue weighted by Crippen LogP contribution is 2.26. The smallest absolute Gasteiger partial charge is 0.264 e. The van der Waals surface area contributed by atoms with Gasteiger partial charge in [-0.15, -0.1) is 0 Å². The van der Waals surface area contributed by atoms with E-state index in [1.54, 1.807) is 54.6 Å². The molecule has 1 amide bonds. The third-order valence-electron chi connectivity index (χ3n) is 5.41. The van der Waals surface area contributed by atoms with Gasteiger partial charge in [-0.2, -0.15) is 0 Å². The summed E-state index contributed by atoms with van der Waals surface area (Å²) >= 11 is 0. The molecule has 0 fully saturated rings. The highest BCUT2D eigenvalue weighted by Gasteiger charge is 2.27. The maximum atomic E-state index is 13.5. The monoisotopic (exact) mass is 566 g/mol. The van der Waals surface area contributed by atoms with Crippen molar-refractivity contribution in [2.24, 2.45) is 0 Å². The van der Waals surface area contributed by atoms with E-state index in [0.29, 0.717) is 18.0 Å². The molecule has 4 rings (SSSR count). The van der Waals surface area contributed by atoms with Gasteiger partial charge in [-0.1, -0.05) is 24.3 Å². The number of pyridine rings is 1. The molecule has 4 aromatic rings. The Balaban J connectivity index is 1.53. The number of ether oxygens (including phenoxy) is 1. The van der Waals surface area contributed by atoms with Crippen LogP contribution in [-0.4, -0.2) is 40.9 Å². The molecular formula is C27H26N4O6S2. The lowest BCUT2D eigenvalue weighted by Crippen LogP contribution is -2.38. The molecule has 3 aromatic carbocycles. The first kappa shape index (κ1) is 27.6. The van der Waals surface area contributed by atoms with Crippen molar-refractivity contribution in [2.75, 3.05) is 27.5 Å². The minimum atomic E-state index is -4.08. The summed E-state index contributed by atoms with van der Waals surface area (Å²) in [4.78, 5) is 16.9. The van der Waals surface area contributed by atoms with Crippen LogP contribution < -0.4 is 19.1 Å². The second-order valence-electron chi connectivity index (χ2n) is 8.14.